The van der Waals surface area contributed by atoms with Crippen molar-refractivity contribution in [2.24, 2.45) is 0 Å². The van der Waals surface area contributed by atoms with E-state index in [4.69, 9.17) is 11.6 Å². The lowest BCUT2D eigenvalue weighted by Gasteiger charge is -2.16. The molecule has 0 amide bonds. The highest BCUT2D eigenvalue weighted by Crippen LogP contribution is 2.38. The third-order valence-electron chi connectivity index (χ3n) is 3.34. The predicted molar refractivity (Wildman–Crippen MR) is 75.9 cm³/mol. The standard InChI is InChI=1S/C14H12ClNO2S/c15-9-6-4-8(5-7-9)13-16-12-10(14(17)18)2-1-3-11(12)19-13/h4-7,10H,1-3H2,(H,17,18). The van der Waals surface area contributed by atoms with Crippen molar-refractivity contribution in [2.75, 3.05) is 0 Å². The quantitative estimate of drug-likeness (QED) is 0.911. The van der Waals surface area contributed by atoms with Gasteiger partial charge in [-0.3, -0.25) is 4.79 Å². The molecule has 0 aliphatic heterocycles. The molecular weight excluding hydrogens is 282 g/mol. The summed E-state index contributed by atoms with van der Waals surface area (Å²) in [6.07, 6.45) is 2.54. The highest BCUT2D eigenvalue weighted by Gasteiger charge is 2.30. The summed E-state index contributed by atoms with van der Waals surface area (Å²) < 4.78 is 0. The van der Waals surface area contributed by atoms with Crippen LogP contribution in [-0.4, -0.2) is 16.1 Å². The molecule has 1 unspecified atom stereocenters. The number of nitrogens with zero attached hydrogens (tertiary/aromatic N) is 1. The van der Waals surface area contributed by atoms with E-state index in [0.717, 1.165) is 34.0 Å². The van der Waals surface area contributed by atoms with Gasteiger partial charge in [0.15, 0.2) is 0 Å². The van der Waals surface area contributed by atoms with Gasteiger partial charge in [-0.2, -0.15) is 0 Å². The summed E-state index contributed by atoms with van der Waals surface area (Å²) in [5, 5.41) is 10.8. The minimum absolute atomic E-state index is 0.443. The number of fused-ring (bicyclic) bond motifs is 1. The number of thiazole rings is 1. The molecule has 0 radical (unpaired) electrons. The van der Waals surface area contributed by atoms with Gasteiger partial charge in [-0.05, 0) is 31.4 Å². The third kappa shape index (κ3) is 2.38. The Morgan fingerprint density at radius 1 is 1.37 bits per heavy atom. The van der Waals surface area contributed by atoms with Crippen LogP contribution >= 0.6 is 22.9 Å². The molecule has 5 heteroatoms. The van der Waals surface area contributed by atoms with Crippen molar-refractivity contribution in [3.8, 4) is 10.6 Å². The summed E-state index contributed by atoms with van der Waals surface area (Å²) in [7, 11) is 0. The Hall–Kier alpha value is -1.39. The minimum atomic E-state index is -0.770. The molecule has 3 nitrogen and oxygen atoms in total. The number of benzene rings is 1. The van der Waals surface area contributed by atoms with Gasteiger partial charge < -0.3 is 5.11 Å². The van der Waals surface area contributed by atoms with E-state index in [-0.39, 0.29) is 0 Å². The summed E-state index contributed by atoms with van der Waals surface area (Å²) >= 11 is 7.47. The Balaban J connectivity index is 2.02. The summed E-state index contributed by atoms with van der Waals surface area (Å²) in [6.45, 7) is 0. The Bertz CT molecular complexity index is 621. The molecule has 0 saturated heterocycles. The van der Waals surface area contributed by atoms with Crippen LogP contribution in [0.3, 0.4) is 0 Å². The number of carboxylic acid groups (broad SMARTS) is 1. The predicted octanol–water partition coefficient (Wildman–Crippen LogP) is 3.97. The topological polar surface area (TPSA) is 50.2 Å². The normalized spacial score (nSPS) is 18.1. The maximum Gasteiger partial charge on any atom is 0.312 e. The zero-order chi connectivity index (χ0) is 13.4. The van der Waals surface area contributed by atoms with Gasteiger partial charge in [0.1, 0.15) is 5.01 Å². The molecule has 0 spiro atoms. The fourth-order valence-electron chi connectivity index (χ4n) is 2.37. The third-order valence-corrected chi connectivity index (χ3v) is 4.78. The van der Waals surface area contributed by atoms with Crippen molar-refractivity contribution in [2.45, 2.75) is 25.2 Å². The second-order valence-corrected chi connectivity index (χ2v) is 6.14. The van der Waals surface area contributed by atoms with Gasteiger partial charge in [0.25, 0.3) is 0 Å². The number of hydrogen-bond acceptors (Lipinski definition) is 3. The van der Waals surface area contributed by atoms with Crippen LogP contribution in [0, 0.1) is 0 Å². The second-order valence-electron chi connectivity index (χ2n) is 4.62. The molecule has 3 rings (SSSR count). The molecule has 1 aliphatic rings. The lowest BCUT2D eigenvalue weighted by atomic mass is 9.91. The molecule has 1 atom stereocenters. The average Bonchev–Trinajstić information content (AvgIpc) is 2.82. The zero-order valence-corrected chi connectivity index (χ0v) is 11.7. The fourth-order valence-corrected chi connectivity index (χ4v) is 3.67. The van der Waals surface area contributed by atoms with Crippen LogP contribution in [0.5, 0.6) is 0 Å². The number of aliphatic carboxylic acids is 1. The van der Waals surface area contributed by atoms with Crippen molar-refractivity contribution in [1.29, 1.82) is 0 Å². The molecule has 19 heavy (non-hydrogen) atoms. The first-order valence-corrected chi connectivity index (χ1v) is 7.33. The van der Waals surface area contributed by atoms with E-state index in [9.17, 15) is 9.90 Å². The van der Waals surface area contributed by atoms with Crippen molar-refractivity contribution in [3.63, 3.8) is 0 Å². The van der Waals surface area contributed by atoms with Gasteiger partial charge in [-0.15, -0.1) is 11.3 Å². The number of aryl methyl sites for hydroxylation is 1. The van der Waals surface area contributed by atoms with Crippen LogP contribution in [0.25, 0.3) is 10.6 Å². The molecule has 98 valence electrons. The van der Waals surface area contributed by atoms with Crippen LogP contribution in [0.1, 0.15) is 29.3 Å². The molecule has 1 aromatic heterocycles. The van der Waals surface area contributed by atoms with Gasteiger partial charge in [-0.1, -0.05) is 23.7 Å². The fraction of sp³-hybridized carbons (Fsp3) is 0.286. The SMILES string of the molecule is O=C(O)C1CCCc2sc(-c3ccc(Cl)cc3)nc21. The molecule has 0 fully saturated rings. The minimum Gasteiger partial charge on any atom is -0.481 e. The van der Waals surface area contributed by atoms with E-state index in [0.29, 0.717) is 11.4 Å². The summed E-state index contributed by atoms with van der Waals surface area (Å²) in [4.78, 5) is 16.9. The first-order valence-electron chi connectivity index (χ1n) is 6.13. The monoisotopic (exact) mass is 293 g/mol. The number of carbonyl (C=O) groups is 1. The van der Waals surface area contributed by atoms with Crippen LogP contribution in [0.2, 0.25) is 5.02 Å². The first-order chi connectivity index (χ1) is 9.15. The Morgan fingerprint density at radius 3 is 2.79 bits per heavy atom. The molecule has 1 aromatic carbocycles. The molecule has 1 N–H and O–H groups in total. The first kappa shape index (κ1) is 12.6. The average molecular weight is 294 g/mol. The van der Waals surface area contributed by atoms with Crippen LogP contribution in [-0.2, 0) is 11.2 Å². The molecule has 1 aliphatic carbocycles. The lowest BCUT2D eigenvalue weighted by molar-refractivity contribution is -0.139. The highest BCUT2D eigenvalue weighted by molar-refractivity contribution is 7.15. The van der Waals surface area contributed by atoms with Crippen molar-refractivity contribution < 1.29 is 9.90 Å². The highest BCUT2D eigenvalue weighted by atomic mass is 35.5. The van der Waals surface area contributed by atoms with Crippen LogP contribution in [0.15, 0.2) is 24.3 Å². The summed E-state index contributed by atoms with van der Waals surface area (Å²) in [5.41, 5.74) is 1.75. The van der Waals surface area contributed by atoms with E-state index in [1.165, 1.54) is 0 Å². The number of carboxylic acids is 1. The van der Waals surface area contributed by atoms with E-state index in [2.05, 4.69) is 4.98 Å². The van der Waals surface area contributed by atoms with Gasteiger partial charge >= 0.3 is 5.97 Å². The maximum atomic E-state index is 11.3. The number of halogens is 1. The van der Waals surface area contributed by atoms with Crippen LogP contribution < -0.4 is 0 Å². The van der Waals surface area contributed by atoms with E-state index >= 15 is 0 Å². The second kappa shape index (κ2) is 4.94. The van der Waals surface area contributed by atoms with Crippen molar-refractivity contribution in [3.05, 3.63) is 39.9 Å². The largest absolute Gasteiger partial charge is 0.481 e. The summed E-state index contributed by atoms with van der Waals surface area (Å²) in [5.74, 6) is -1.21. The van der Waals surface area contributed by atoms with Crippen LogP contribution in [0.4, 0.5) is 0 Å². The van der Waals surface area contributed by atoms with E-state index < -0.39 is 11.9 Å². The van der Waals surface area contributed by atoms with Gasteiger partial charge in [0, 0.05) is 15.5 Å². The lowest BCUT2D eigenvalue weighted by Crippen LogP contribution is -2.17. The molecule has 0 bridgehead atoms. The van der Waals surface area contributed by atoms with Gasteiger partial charge in [0.05, 0.1) is 11.6 Å². The molecule has 2 aromatic rings. The van der Waals surface area contributed by atoms with E-state index in [1.54, 1.807) is 11.3 Å². The molecule has 1 heterocycles. The smallest absolute Gasteiger partial charge is 0.312 e. The maximum absolute atomic E-state index is 11.3. The van der Waals surface area contributed by atoms with Crippen molar-refractivity contribution >= 4 is 28.9 Å². The zero-order valence-electron chi connectivity index (χ0n) is 10.1. The Kier molecular flexibility index (Phi) is 3.29. The molecular formula is C14H12ClNO2S. The number of hydrogen-bond donors (Lipinski definition) is 1. The van der Waals surface area contributed by atoms with E-state index in [1.807, 2.05) is 24.3 Å². The Morgan fingerprint density at radius 2 is 2.11 bits per heavy atom. The van der Waals surface area contributed by atoms with Gasteiger partial charge in [-0.25, -0.2) is 4.98 Å². The molecule has 0 saturated carbocycles. The van der Waals surface area contributed by atoms with Crippen molar-refractivity contribution in [1.82, 2.24) is 4.98 Å². The van der Waals surface area contributed by atoms with Gasteiger partial charge in [0.2, 0.25) is 0 Å². The number of rotatable bonds is 2. The number of aromatic nitrogens is 1. The Labute approximate surface area is 119 Å². The summed E-state index contributed by atoms with van der Waals surface area (Å²) in [6, 6.07) is 7.49.